The van der Waals surface area contributed by atoms with Gasteiger partial charge in [-0.3, -0.25) is 14.9 Å². The second kappa shape index (κ2) is 13.6. The number of aryl methyl sites for hydroxylation is 1. The fourth-order valence-electron chi connectivity index (χ4n) is 2.97. The number of rotatable bonds is 13. The van der Waals surface area contributed by atoms with E-state index in [0.717, 1.165) is 5.56 Å². The number of ether oxygens (including phenoxy) is 2. The zero-order valence-corrected chi connectivity index (χ0v) is 19.0. The number of aliphatic carboxylic acids is 1. The molecule has 2 atom stereocenters. The fraction of sp³-hybridized carbons (Fsp3) is 0.609. The number of unbranched alkanes of at least 4 members (excludes halogenated alkanes) is 1. The van der Waals surface area contributed by atoms with Gasteiger partial charge in [-0.15, -0.1) is 0 Å². The van der Waals surface area contributed by atoms with E-state index < -0.39 is 35.7 Å². The Morgan fingerprint density at radius 3 is 2.29 bits per heavy atom. The minimum atomic E-state index is -1.02. The van der Waals surface area contributed by atoms with Crippen LogP contribution in [0, 0.1) is 0 Å². The van der Waals surface area contributed by atoms with Crippen molar-refractivity contribution in [2.45, 2.75) is 77.5 Å². The van der Waals surface area contributed by atoms with Crippen molar-refractivity contribution in [3.63, 3.8) is 0 Å². The van der Waals surface area contributed by atoms with Crippen molar-refractivity contribution in [1.29, 1.82) is 0 Å². The number of carbonyl (C=O) groups is 3. The van der Waals surface area contributed by atoms with Crippen molar-refractivity contribution in [2.75, 3.05) is 13.2 Å². The topological polar surface area (TPSA) is 114 Å². The molecule has 1 rings (SSSR count). The largest absolute Gasteiger partial charge is 0.480 e. The van der Waals surface area contributed by atoms with Gasteiger partial charge in [-0.1, -0.05) is 30.3 Å². The number of hydrogen-bond donors (Lipinski definition) is 3. The molecule has 0 heterocycles. The number of esters is 1. The molecule has 0 aliphatic heterocycles. The lowest BCUT2D eigenvalue weighted by Gasteiger charge is -2.22. The molecule has 0 saturated carbocycles. The lowest BCUT2D eigenvalue weighted by Crippen LogP contribution is -2.48. The molecule has 0 spiro atoms. The summed E-state index contributed by atoms with van der Waals surface area (Å²) in [6.45, 7) is 7.69. The van der Waals surface area contributed by atoms with Crippen LogP contribution in [0.3, 0.4) is 0 Å². The van der Waals surface area contributed by atoms with E-state index in [-0.39, 0.29) is 6.61 Å². The molecule has 0 bridgehead atoms. The highest BCUT2D eigenvalue weighted by Gasteiger charge is 2.26. The quantitative estimate of drug-likeness (QED) is 0.321. The molecule has 8 heteroatoms. The van der Waals surface area contributed by atoms with Crippen LogP contribution in [0.25, 0.3) is 0 Å². The number of carbonyl (C=O) groups excluding carboxylic acids is 2. The van der Waals surface area contributed by atoms with Gasteiger partial charge >= 0.3 is 18.0 Å². The third-order valence-electron chi connectivity index (χ3n) is 4.42. The Morgan fingerprint density at radius 2 is 1.71 bits per heavy atom. The summed E-state index contributed by atoms with van der Waals surface area (Å²) in [6, 6.07) is 8.11. The van der Waals surface area contributed by atoms with Crippen LogP contribution in [0.15, 0.2) is 30.3 Å². The molecule has 1 aromatic rings. The smallest absolute Gasteiger partial charge is 0.407 e. The summed E-state index contributed by atoms with van der Waals surface area (Å²) in [6.07, 6.45) is 2.05. The Kier molecular flexibility index (Phi) is 11.6. The minimum Gasteiger partial charge on any atom is -0.480 e. The average molecular weight is 437 g/mol. The molecular weight excluding hydrogens is 400 g/mol. The van der Waals surface area contributed by atoms with E-state index in [9.17, 15) is 19.5 Å². The minimum absolute atomic E-state index is 0.233. The Labute approximate surface area is 184 Å². The van der Waals surface area contributed by atoms with Crippen molar-refractivity contribution >= 4 is 18.0 Å². The lowest BCUT2D eigenvalue weighted by atomic mass is 10.0. The van der Waals surface area contributed by atoms with Gasteiger partial charge in [-0.25, -0.2) is 4.79 Å². The normalized spacial score (nSPS) is 13.2. The molecule has 0 fully saturated rings. The first-order chi connectivity index (χ1) is 14.6. The van der Waals surface area contributed by atoms with Crippen LogP contribution in [-0.4, -0.2) is 54.0 Å². The number of benzene rings is 1. The molecule has 0 aromatic heterocycles. The highest BCUT2D eigenvalue weighted by atomic mass is 16.6. The predicted octanol–water partition coefficient (Wildman–Crippen LogP) is 3.29. The highest BCUT2D eigenvalue weighted by Crippen LogP contribution is 2.10. The van der Waals surface area contributed by atoms with Crippen molar-refractivity contribution in [1.82, 2.24) is 10.6 Å². The monoisotopic (exact) mass is 436 g/mol. The summed E-state index contributed by atoms with van der Waals surface area (Å²) in [4.78, 5) is 35.7. The summed E-state index contributed by atoms with van der Waals surface area (Å²) >= 11 is 0. The maximum atomic E-state index is 12.3. The van der Waals surface area contributed by atoms with Crippen LogP contribution >= 0.6 is 0 Å². The second-order valence-corrected chi connectivity index (χ2v) is 8.31. The summed E-state index contributed by atoms with van der Waals surface area (Å²) in [7, 11) is 0. The number of alkyl carbamates (subject to hydrolysis) is 1. The summed E-state index contributed by atoms with van der Waals surface area (Å²) in [5, 5.41) is 15.2. The maximum absolute atomic E-state index is 12.3. The molecule has 0 aliphatic rings. The molecule has 8 nitrogen and oxygen atoms in total. The second-order valence-electron chi connectivity index (χ2n) is 8.31. The predicted molar refractivity (Wildman–Crippen MR) is 118 cm³/mol. The van der Waals surface area contributed by atoms with Gasteiger partial charge in [0.15, 0.2) is 0 Å². The van der Waals surface area contributed by atoms with Gasteiger partial charge in [0.05, 0.1) is 6.61 Å². The average Bonchev–Trinajstić information content (AvgIpc) is 2.68. The first-order valence-electron chi connectivity index (χ1n) is 10.8. The molecule has 3 N–H and O–H groups in total. The summed E-state index contributed by atoms with van der Waals surface area (Å²) < 4.78 is 10.3. The Morgan fingerprint density at radius 1 is 1.03 bits per heavy atom. The number of carboxylic acid groups (broad SMARTS) is 1. The van der Waals surface area contributed by atoms with Crippen molar-refractivity contribution < 1.29 is 29.0 Å². The molecule has 0 aliphatic carbocycles. The van der Waals surface area contributed by atoms with E-state index in [4.69, 9.17) is 9.47 Å². The summed E-state index contributed by atoms with van der Waals surface area (Å²) in [5.41, 5.74) is 0.503. The number of hydrogen-bond acceptors (Lipinski definition) is 6. The summed E-state index contributed by atoms with van der Waals surface area (Å²) in [5.74, 6) is -1.47. The Bertz CT molecular complexity index is 687. The molecule has 0 saturated heterocycles. The van der Waals surface area contributed by atoms with Crippen LogP contribution in [0.2, 0.25) is 0 Å². The maximum Gasteiger partial charge on any atom is 0.407 e. The van der Waals surface area contributed by atoms with Crippen molar-refractivity contribution in [2.24, 2.45) is 0 Å². The first kappa shape index (κ1) is 26.4. The molecule has 0 unspecified atom stereocenters. The number of carboxylic acids is 1. The third-order valence-corrected chi connectivity index (χ3v) is 4.42. The van der Waals surface area contributed by atoms with Crippen LogP contribution in [0.1, 0.15) is 58.9 Å². The van der Waals surface area contributed by atoms with Gasteiger partial charge in [0.2, 0.25) is 0 Å². The molecule has 1 amide bonds. The van der Waals surface area contributed by atoms with E-state index in [0.29, 0.717) is 38.6 Å². The fourth-order valence-corrected chi connectivity index (χ4v) is 2.97. The van der Waals surface area contributed by atoms with Gasteiger partial charge in [0.25, 0.3) is 0 Å². The van der Waals surface area contributed by atoms with Crippen LogP contribution in [0.4, 0.5) is 4.79 Å². The van der Waals surface area contributed by atoms with Gasteiger partial charge in [0, 0.05) is 6.54 Å². The van der Waals surface area contributed by atoms with E-state index in [1.54, 1.807) is 27.7 Å². The highest BCUT2D eigenvalue weighted by molar-refractivity contribution is 5.78. The Balaban J connectivity index is 2.53. The number of amides is 1. The van der Waals surface area contributed by atoms with Crippen LogP contribution < -0.4 is 10.6 Å². The van der Waals surface area contributed by atoms with Gasteiger partial charge in [0.1, 0.15) is 17.7 Å². The zero-order chi connectivity index (χ0) is 23.3. The number of nitrogens with one attached hydrogen (secondary N) is 2. The first-order valence-corrected chi connectivity index (χ1v) is 10.8. The van der Waals surface area contributed by atoms with E-state index in [1.165, 1.54) is 0 Å². The van der Waals surface area contributed by atoms with E-state index >= 15 is 0 Å². The molecule has 1 aromatic carbocycles. The van der Waals surface area contributed by atoms with Crippen molar-refractivity contribution in [3.8, 4) is 0 Å². The van der Waals surface area contributed by atoms with Crippen LogP contribution in [0.5, 0.6) is 0 Å². The van der Waals surface area contributed by atoms with Gasteiger partial charge in [-0.2, -0.15) is 0 Å². The van der Waals surface area contributed by atoms with Crippen molar-refractivity contribution in [3.05, 3.63) is 35.9 Å². The van der Waals surface area contributed by atoms with Gasteiger partial charge in [-0.05, 0) is 65.4 Å². The van der Waals surface area contributed by atoms with E-state index in [1.807, 2.05) is 30.3 Å². The molecule has 0 radical (unpaired) electrons. The zero-order valence-electron chi connectivity index (χ0n) is 19.0. The lowest BCUT2D eigenvalue weighted by molar-refractivity contribution is -0.147. The third kappa shape index (κ3) is 12.0. The van der Waals surface area contributed by atoms with Crippen LogP contribution in [-0.2, 0) is 25.5 Å². The SMILES string of the molecule is CCOC(=O)[C@H](CCc1ccccc1)N[C@@H](CCCCNC(=O)OC(C)(C)C)C(=O)O. The molecule has 174 valence electrons. The molecular formula is C23H36N2O6. The molecule has 31 heavy (non-hydrogen) atoms. The van der Waals surface area contributed by atoms with Gasteiger partial charge < -0.3 is 19.9 Å². The Hall–Kier alpha value is -2.61. The van der Waals surface area contributed by atoms with E-state index in [2.05, 4.69) is 10.6 Å². The standard InChI is InChI=1S/C23H36N2O6/c1-5-30-21(28)19(15-14-17-11-7-6-8-12-17)25-18(20(26)27)13-9-10-16-24-22(29)31-23(2,3)4/h6-8,11-12,18-19,25H,5,9-10,13-16H2,1-4H3,(H,24,29)(H,26,27)/t18-,19-/m0/s1.